The van der Waals surface area contributed by atoms with Gasteiger partial charge in [0.1, 0.15) is 18.0 Å². The Morgan fingerprint density at radius 1 is 1.13 bits per heavy atom. The minimum absolute atomic E-state index is 0.252. The molecular formula is C17H17N5O. The highest BCUT2D eigenvalue weighted by Crippen LogP contribution is 2.19. The van der Waals surface area contributed by atoms with Crippen LogP contribution in [0.5, 0.6) is 0 Å². The van der Waals surface area contributed by atoms with Gasteiger partial charge < -0.3 is 10.2 Å². The fraction of sp³-hybridized carbons (Fsp3) is 0.294. The number of hydrogen-bond donors (Lipinski definition) is 1. The third-order valence-corrected chi connectivity index (χ3v) is 3.85. The molecule has 0 saturated carbocycles. The monoisotopic (exact) mass is 307 g/mol. The largest absolute Gasteiger partial charge is 0.356 e. The molecule has 6 heteroatoms. The van der Waals surface area contributed by atoms with Gasteiger partial charge in [0.15, 0.2) is 0 Å². The summed E-state index contributed by atoms with van der Waals surface area (Å²) in [5.41, 5.74) is 1.01. The average molecular weight is 307 g/mol. The molecule has 6 nitrogen and oxygen atoms in total. The first-order valence-electron chi connectivity index (χ1n) is 7.65. The number of carbonyl (C=O) groups excluding carboxylic acids is 1. The Balaban J connectivity index is 1.71. The SMILES string of the molecule is N#Cc1ccc(C(=O)Nc2cc(N3CCCCC3)ncn2)cc1. The second kappa shape index (κ2) is 6.88. The number of nitriles is 1. The zero-order valence-corrected chi connectivity index (χ0v) is 12.7. The van der Waals surface area contributed by atoms with Crippen molar-refractivity contribution < 1.29 is 4.79 Å². The highest BCUT2D eigenvalue weighted by molar-refractivity contribution is 6.03. The van der Waals surface area contributed by atoms with Gasteiger partial charge in [-0.15, -0.1) is 0 Å². The van der Waals surface area contributed by atoms with Crippen LogP contribution in [-0.2, 0) is 0 Å². The number of rotatable bonds is 3. The molecule has 1 fully saturated rings. The number of piperidine rings is 1. The molecule has 1 saturated heterocycles. The van der Waals surface area contributed by atoms with Crippen LogP contribution in [0.25, 0.3) is 0 Å². The van der Waals surface area contributed by atoms with E-state index < -0.39 is 0 Å². The molecule has 3 rings (SSSR count). The van der Waals surface area contributed by atoms with E-state index in [2.05, 4.69) is 20.2 Å². The maximum absolute atomic E-state index is 12.2. The standard InChI is InChI=1S/C17H17N5O/c18-11-13-4-6-14(7-5-13)17(23)21-15-10-16(20-12-19-15)22-8-2-1-3-9-22/h4-7,10,12H,1-3,8-9H2,(H,19,20,21,23). The lowest BCUT2D eigenvalue weighted by Gasteiger charge is -2.27. The van der Waals surface area contributed by atoms with Crippen molar-refractivity contribution in [2.24, 2.45) is 0 Å². The molecule has 23 heavy (non-hydrogen) atoms. The fourth-order valence-corrected chi connectivity index (χ4v) is 2.60. The number of anilines is 2. The van der Waals surface area contributed by atoms with Gasteiger partial charge in [-0.3, -0.25) is 4.79 Å². The van der Waals surface area contributed by atoms with Crippen molar-refractivity contribution >= 4 is 17.5 Å². The number of amides is 1. The maximum atomic E-state index is 12.2. The van der Waals surface area contributed by atoms with Crippen LogP contribution in [0.3, 0.4) is 0 Å². The summed E-state index contributed by atoms with van der Waals surface area (Å²) >= 11 is 0. The van der Waals surface area contributed by atoms with Crippen LogP contribution in [-0.4, -0.2) is 29.0 Å². The molecule has 0 spiro atoms. The van der Waals surface area contributed by atoms with E-state index >= 15 is 0 Å². The smallest absolute Gasteiger partial charge is 0.256 e. The third kappa shape index (κ3) is 3.64. The number of benzene rings is 1. The molecule has 2 aromatic rings. The van der Waals surface area contributed by atoms with E-state index in [4.69, 9.17) is 5.26 Å². The van der Waals surface area contributed by atoms with Crippen molar-refractivity contribution in [3.05, 3.63) is 47.8 Å². The molecule has 0 aliphatic carbocycles. The molecule has 0 bridgehead atoms. The Morgan fingerprint density at radius 2 is 1.87 bits per heavy atom. The summed E-state index contributed by atoms with van der Waals surface area (Å²) in [6, 6.07) is 10.3. The van der Waals surface area contributed by atoms with Gasteiger partial charge in [0, 0.05) is 24.7 Å². The molecule has 0 radical (unpaired) electrons. The molecule has 1 aromatic carbocycles. The summed E-state index contributed by atoms with van der Waals surface area (Å²) in [6.45, 7) is 1.97. The van der Waals surface area contributed by atoms with Crippen molar-refractivity contribution in [3.8, 4) is 6.07 Å². The number of hydrogen-bond acceptors (Lipinski definition) is 5. The van der Waals surface area contributed by atoms with E-state index in [1.54, 1.807) is 30.3 Å². The van der Waals surface area contributed by atoms with Crippen LogP contribution < -0.4 is 10.2 Å². The summed E-state index contributed by atoms with van der Waals surface area (Å²) in [4.78, 5) is 22.8. The molecule has 116 valence electrons. The van der Waals surface area contributed by atoms with E-state index in [1.165, 1.54) is 12.7 Å². The van der Waals surface area contributed by atoms with Crippen molar-refractivity contribution in [1.29, 1.82) is 5.26 Å². The van der Waals surface area contributed by atoms with Gasteiger partial charge in [0.2, 0.25) is 0 Å². The molecule has 1 N–H and O–H groups in total. The van der Waals surface area contributed by atoms with E-state index in [0.717, 1.165) is 31.7 Å². The zero-order chi connectivity index (χ0) is 16.1. The molecule has 1 amide bonds. The Morgan fingerprint density at radius 3 is 2.57 bits per heavy atom. The van der Waals surface area contributed by atoms with Gasteiger partial charge in [-0.05, 0) is 43.5 Å². The Hall–Kier alpha value is -2.94. The van der Waals surface area contributed by atoms with Crippen LogP contribution >= 0.6 is 0 Å². The van der Waals surface area contributed by atoms with Gasteiger partial charge in [-0.1, -0.05) is 0 Å². The van der Waals surface area contributed by atoms with Gasteiger partial charge >= 0.3 is 0 Å². The minimum atomic E-state index is -0.252. The van der Waals surface area contributed by atoms with Crippen molar-refractivity contribution in [2.75, 3.05) is 23.3 Å². The highest BCUT2D eigenvalue weighted by Gasteiger charge is 2.14. The van der Waals surface area contributed by atoms with E-state index in [-0.39, 0.29) is 5.91 Å². The summed E-state index contributed by atoms with van der Waals surface area (Å²) in [5.74, 6) is 1.07. The zero-order valence-electron chi connectivity index (χ0n) is 12.7. The van der Waals surface area contributed by atoms with Crippen LogP contribution in [0.2, 0.25) is 0 Å². The number of nitrogens with zero attached hydrogens (tertiary/aromatic N) is 4. The highest BCUT2D eigenvalue weighted by atomic mass is 16.1. The predicted octanol–water partition coefficient (Wildman–Crippen LogP) is 2.59. The topological polar surface area (TPSA) is 81.9 Å². The van der Waals surface area contributed by atoms with Gasteiger partial charge in [0.25, 0.3) is 5.91 Å². The minimum Gasteiger partial charge on any atom is -0.356 e. The number of nitrogens with one attached hydrogen (secondary N) is 1. The average Bonchev–Trinajstić information content (AvgIpc) is 2.63. The molecular weight excluding hydrogens is 290 g/mol. The van der Waals surface area contributed by atoms with E-state index in [9.17, 15) is 4.79 Å². The van der Waals surface area contributed by atoms with Crippen LogP contribution in [0.15, 0.2) is 36.7 Å². The van der Waals surface area contributed by atoms with Crippen molar-refractivity contribution in [1.82, 2.24) is 9.97 Å². The van der Waals surface area contributed by atoms with Crippen molar-refractivity contribution in [3.63, 3.8) is 0 Å². The maximum Gasteiger partial charge on any atom is 0.256 e. The lowest BCUT2D eigenvalue weighted by molar-refractivity contribution is 0.102. The second-order valence-corrected chi connectivity index (χ2v) is 5.45. The summed E-state index contributed by atoms with van der Waals surface area (Å²) in [6.07, 6.45) is 5.05. The van der Waals surface area contributed by atoms with Gasteiger partial charge in [0.05, 0.1) is 11.6 Å². The summed E-state index contributed by atoms with van der Waals surface area (Å²) < 4.78 is 0. The van der Waals surface area contributed by atoms with Gasteiger partial charge in [-0.2, -0.15) is 5.26 Å². The van der Waals surface area contributed by atoms with Gasteiger partial charge in [-0.25, -0.2) is 9.97 Å². The quantitative estimate of drug-likeness (QED) is 0.942. The molecule has 1 aliphatic rings. The first-order valence-corrected chi connectivity index (χ1v) is 7.65. The Kier molecular flexibility index (Phi) is 4.48. The summed E-state index contributed by atoms with van der Waals surface area (Å²) in [5, 5.41) is 11.6. The Bertz CT molecular complexity index is 729. The third-order valence-electron chi connectivity index (χ3n) is 3.85. The summed E-state index contributed by atoms with van der Waals surface area (Å²) in [7, 11) is 0. The second-order valence-electron chi connectivity index (χ2n) is 5.45. The normalized spacial score (nSPS) is 14.1. The van der Waals surface area contributed by atoms with Crippen molar-refractivity contribution in [2.45, 2.75) is 19.3 Å². The molecule has 0 unspecified atom stereocenters. The Labute approximate surface area is 134 Å². The molecule has 0 atom stereocenters. The lowest BCUT2D eigenvalue weighted by atomic mass is 10.1. The first-order chi connectivity index (χ1) is 11.3. The first kappa shape index (κ1) is 15.0. The fourth-order valence-electron chi connectivity index (χ4n) is 2.60. The molecule has 1 aliphatic heterocycles. The van der Waals surface area contributed by atoms with Crippen LogP contribution in [0.1, 0.15) is 35.2 Å². The van der Waals surface area contributed by atoms with Crippen LogP contribution in [0.4, 0.5) is 11.6 Å². The van der Waals surface area contributed by atoms with E-state index in [0.29, 0.717) is 16.9 Å². The van der Waals surface area contributed by atoms with E-state index in [1.807, 2.05) is 6.07 Å². The lowest BCUT2D eigenvalue weighted by Crippen LogP contribution is -2.30. The van der Waals surface area contributed by atoms with Crippen LogP contribution in [0, 0.1) is 11.3 Å². The molecule has 2 heterocycles. The predicted molar refractivity (Wildman–Crippen MR) is 87.2 cm³/mol. The number of carbonyl (C=O) groups is 1. The number of aromatic nitrogens is 2. The molecule has 1 aromatic heterocycles.